The summed E-state index contributed by atoms with van der Waals surface area (Å²) in [5, 5.41) is 2.71. The summed E-state index contributed by atoms with van der Waals surface area (Å²) in [5.41, 5.74) is 2.90. The minimum absolute atomic E-state index is 0.417. The number of amides is 1. The van der Waals surface area contributed by atoms with Gasteiger partial charge < -0.3 is 4.74 Å². The molecule has 4 heteroatoms. The molecule has 0 fully saturated rings. The maximum atomic E-state index is 11.7. The molecule has 1 aromatic heterocycles. The molecule has 0 aliphatic heterocycles. The zero-order valence-corrected chi connectivity index (χ0v) is 10.3. The van der Waals surface area contributed by atoms with E-state index in [0.29, 0.717) is 5.75 Å². The number of hydrogen-bond acceptors (Lipinski definition) is 3. The van der Waals surface area contributed by atoms with Crippen molar-refractivity contribution in [2.45, 2.75) is 13.8 Å². The van der Waals surface area contributed by atoms with Crippen molar-refractivity contribution in [3.63, 3.8) is 0 Å². The van der Waals surface area contributed by atoms with E-state index in [1.165, 1.54) is 6.20 Å². The number of rotatable bonds is 2. The van der Waals surface area contributed by atoms with Crippen LogP contribution in [0.1, 0.15) is 11.1 Å². The molecule has 18 heavy (non-hydrogen) atoms. The number of nitrogens with one attached hydrogen (secondary N) is 1. The summed E-state index contributed by atoms with van der Waals surface area (Å²) in [4.78, 5) is 15.6. The van der Waals surface area contributed by atoms with Crippen LogP contribution in [-0.4, -0.2) is 11.1 Å². The lowest BCUT2D eigenvalue weighted by atomic mass is 10.1. The second-order valence-corrected chi connectivity index (χ2v) is 3.95. The lowest BCUT2D eigenvalue weighted by molar-refractivity contribution is 0.215. The van der Waals surface area contributed by atoms with E-state index >= 15 is 0 Å². The number of pyridine rings is 1. The summed E-state index contributed by atoms with van der Waals surface area (Å²) in [6.07, 6.45) is 2.59. The van der Waals surface area contributed by atoms with Crippen LogP contribution >= 0.6 is 0 Å². The number of anilines is 1. The van der Waals surface area contributed by atoms with E-state index < -0.39 is 6.09 Å². The molecule has 0 saturated carbocycles. The fourth-order valence-electron chi connectivity index (χ4n) is 1.54. The highest BCUT2D eigenvalue weighted by atomic mass is 16.6. The number of carbonyl (C=O) groups excluding carboxylic acids is 1. The smallest absolute Gasteiger partial charge is 0.408 e. The van der Waals surface area contributed by atoms with Crippen molar-refractivity contribution in [2.24, 2.45) is 0 Å². The van der Waals surface area contributed by atoms with Crippen molar-refractivity contribution < 1.29 is 9.53 Å². The topological polar surface area (TPSA) is 51.2 Å². The maximum Gasteiger partial charge on any atom is 0.417 e. The standard InChI is InChI=1S/C14H14N2O2/c1-10-5-3-7-13(11(10)2)16-14(17)18-12-6-4-8-15-9-12/h3-9H,1-2H3,(H,16,17). The van der Waals surface area contributed by atoms with E-state index in [9.17, 15) is 4.79 Å². The molecule has 4 nitrogen and oxygen atoms in total. The molecule has 0 bridgehead atoms. The molecule has 0 unspecified atom stereocenters. The molecule has 2 rings (SSSR count). The molecule has 0 radical (unpaired) electrons. The van der Waals surface area contributed by atoms with Crippen LogP contribution in [0.15, 0.2) is 42.7 Å². The predicted octanol–water partition coefficient (Wildman–Crippen LogP) is 3.31. The highest BCUT2D eigenvalue weighted by molar-refractivity contribution is 5.87. The molecule has 0 atom stereocenters. The number of ether oxygens (including phenoxy) is 1. The van der Waals surface area contributed by atoms with Crippen molar-refractivity contribution in [2.75, 3.05) is 5.32 Å². The molecule has 1 aromatic carbocycles. The van der Waals surface area contributed by atoms with Crippen LogP contribution < -0.4 is 10.1 Å². The SMILES string of the molecule is Cc1cccc(NC(=O)Oc2cccnc2)c1C. The van der Waals surface area contributed by atoms with Crippen molar-refractivity contribution in [3.05, 3.63) is 53.9 Å². The number of nitrogens with zero attached hydrogens (tertiary/aromatic N) is 1. The highest BCUT2D eigenvalue weighted by Gasteiger charge is 2.07. The molecule has 0 spiro atoms. The monoisotopic (exact) mass is 242 g/mol. The van der Waals surface area contributed by atoms with E-state index in [4.69, 9.17) is 4.74 Å². The second kappa shape index (κ2) is 5.31. The molecular formula is C14H14N2O2. The molecule has 92 valence electrons. The van der Waals surface area contributed by atoms with Gasteiger partial charge in [-0.25, -0.2) is 4.79 Å². The average molecular weight is 242 g/mol. The van der Waals surface area contributed by atoms with E-state index in [0.717, 1.165) is 16.8 Å². The molecule has 0 aliphatic rings. The summed E-state index contributed by atoms with van der Waals surface area (Å²) in [6, 6.07) is 9.11. The van der Waals surface area contributed by atoms with E-state index in [-0.39, 0.29) is 0 Å². The Morgan fingerprint density at radius 1 is 1.22 bits per heavy atom. The van der Waals surface area contributed by atoms with Crippen LogP contribution in [0, 0.1) is 13.8 Å². The quantitative estimate of drug-likeness (QED) is 0.879. The lowest BCUT2D eigenvalue weighted by Crippen LogP contribution is -2.17. The van der Waals surface area contributed by atoms with Gasteiger partial charge in [0.1, 0.15) is 0 Å². The molecule has 0 aliphatic carbocycles. The normalized spacial score (nSPS) is 9.89. The Hall–Kier alpha value is -2.36. The van der Waals surface area contributed by atoms with Gasteiger partial charge in [-0.2, -0.15) is 0 Å². The molecule has 0 saturated heterocycles. The summed E-state index contributed by atoms with van der Waals surface area (Å²) in [5.74, 6) is 0.417. The number of carbonyl (C=O) groups is 1. The first-order valence-electron chi connectivity index (χ1n) is 5.62. The Labute approximate surface area is 106 Å². The van der Waals surface area contributed by atoms with Crippen LogP contribution in [0.3, 0.4) is 0 Å². The van der Waals surface area contributed by atoms with Gasteiger partial charge in [0.05, 0.1) is 6.20 Å². The summed E-state index contributed by atoms with van der Waals surface area (Å²) in [6.45, 7) is 3.95. The van der Waals surface area contributed by atoms with Crippen LogP contribution in [0.2, 0.25) is 0 Å². The van der Waals surface area contributed by atoms with Gasteiger partial charge in [0.25, 0.3) is 0 Å². The Morgan fingerprint density at radius 2 is 2.06 bits per heavy atom. The minimum atomic E-state index is -0.517. The lowest BCUT2D eigenvalue weighted by Gasteiger charge is -2.10. The first-order valence-corrected chi connectivity index (χ1v) is 5.62. The fourth-order valence-corrected chi connectivity index (χ4v) is 1.54. The Bertz CT molecular complexity index is 553. The van der Waals surface area contributed by atoms with Gasteiger partial charge >= 0.3 is 6.09 Å². The molecule has 1 amide bonds. The summed E-state index contributed by atoms with van der Waals surface area (Å²) >= 11 is 0. The maximum absolute atomic E-state index is 11.7. The third-order valence-corrected chi connectivity index (χ3v) is 2.69. The van der Waals surface area contributed by atoms with Crippen LogP contribution in [-0.2, 0) is 0 Å². The molecule has 1 heterocycles. The first kappa shape index (κ1) is 12.1. The van der Waals surface area contributed by atoms with Crippen LogP contribution in [0.5, 0.6) is 5.75 Å². The van der Waals surface area contributed by atoms with Crippen LogP contribution in [0.25, 0.3) is 0 Å². The van der Waals surface area contributed by atoms with E-state index in [1.54, 1.807) is 18.3 Å². The van der Waals surface area contributed by atoms with Gasteiger partial charge in [0.15, 0.2) is 5.75 Å². The number of benzene rings is 1. The predicted molar refractivity (Wildman–Crippen MR) is 69.8 cm³/mol. The van der Waals surface area contributed by atoms with Gasteiger partial charge in [-0.05, 0) is 43.2 Å². The highest BCUT2D eigenvalue weighted by Crippen LogP contribution is 2.18. The fraction of sp³-hybridized carbons (Fsp3) is 0.143. The Kier molecular flexibility index (Phi) is 3.57. The zero-order chi connectivity index (χ0) is 13.0. The Balaban J connectivity index is 2.06. The number of hydrogen-bond donors (Lipinski definition) is 1. The van der Waals surface area contributed by atoms with Gasteiger partial charge in [-0.15, -0.1) is 0 Å². The third kappa shape index (κ3) is 2.85. The Morgan fingerprint density at radius 3 is 2.78 bits per heavy atom. The van der Waals surface area contributed by atoms with Crippen molar-refractivity contribution in [3.8, 4) is 5.75 Å². The first-order chi connectivity index (χ1) is 8.66. The van der Waals surface area contributed by atoms with Crippen molar-refractivity contribution >= 4 is 11.8 Å². The average Bonchev–Trinajstić information content (AvgIpc) is 2.36. The second-order valence-electron chi connectivity index (χ2n) is 3.95. The largest absolute Gasteiger partial charge is 0.417 e. The van der Waals surface area contributed by atoms with Gasteiger partial charge in [0, 0.05) is 11.9 Å². The molecule has 1 N–H and O–H groups in total. The minimum Gasteiger partial charge on any atom is -0.408 e. The van der Waals surface area contributed by atoms with Crippen LogP contribution in [0.4, 0.5) is 10.5 Å². The van der Waals surface area contributed by atoms with Crippen molar-refractivity contribution in [1.82, 2.24) is 4.98 Å². The number of aromatic nitrogens is 1. The summed E-state index contributed by atoms with van der Waals surface area (Å²) in [7, 11) is 0. The van der Waals surface area contributed by atoms with Gasteiger partial charge in [0.2, 0.25) is 0 Å². The van der Waals surface area contributed by atoms with Crippen molar-refractivity contribution in [1.29, 1.82) is 0 Å². The molecule has 2 aromatic rings. The van der Waals surface area contributed by atoms with E-state index in [1.807, 2.05) is 32.0 Å². The van der Waals surface area contributed by atoms with Gasteiger partial charge in [-0.3, -0.25) is 10.3 Å². The number of aryl methyl sites for hydroxylation is 1. The van der Waals surface area contributed by atoms with Gasteiger partial charge in [-0.1, -0.05) is 12.1 Å². The summed E-state index contributed by atoms with van der Waals surface area (Å²) < 4.78 is 5.10. The third-order valence-electron chi connectivity index (χ3n) is 2.69. The molecular weight excluding hydrogens is 228 g/mol. The van der Waals surface area contributed by atoms with E-state index in [2.05, 4.69) is 10.3 Å². The zero-order valence-electron chi connectivity index (χ0n) is 10.3.